The van der Waals surface area contributed by atoms with Crippen molar-refractivity contribution < 1.29 is 22.6 Å². The molecular weight excluding hydrogens is 369 g/mol. The van der Waals surface area contributed by atoms with E-state index in [0.717, 1.165) is 29.8 Å². The molecule has 0 aromatic heterocycles. The average Bonchev–Trinajstić information content (AvgIpc) is 2.65. The lowest BCUT2D eigenvalue weighted by Gasteiger charge is -2.25. The van der Waals surface area contributed by atoms with Gasteiger partial charge in [0.2, 0.25) is 0 Å². The summed E-state index contributed by atoms with van der Waals surface area (Å²) in [6.45, 7) is -0.311. The zero-order valence-electron chi connectivity index (χ0n) is 15.8. The standard InChI is InChI=1S/C21H23F3N2O2/c1-26(2)10-9-25-12-15-13-27-19-8-7-17(28-21(23)24)11-18(19)20(15)14-3-5-16(22)6-4-14/h3-8,11,21,25H,9-10,12-13H2,1-2H3. The first kappa shape index (κ1) is 20.2. The van der Waals surface area contributed by atoms with E-state index in [0.29, 0.717) is 24.5 Å². The first-order valence-electron chi connectivity index (χ1n) is 8.99. The van der Waals surface area contributed by atoms with Crippen LogP contribution >= 0.6 is 0 Å². The number of rotatable bonds is 8. The molecule has 0 aliphatic carbocycles. The second-order valence-corrected chi connectivity index (χ2v) is 6.79. The number of benzene rings is 2. The molecule has 0 amide bonds. The van der Waals surface area contributed by atoms with Crippen LogP contribution in [0.1, 0.15) is 11.1 Å². The van der Waals surface area contributed by atoms with Gasteiger partial charge in [-0.05, 0) is 61.1 Å². The number of likely N-dealkylation sites (N-methyl/N-ethyl adjacent to an activating group) is 1. The van der Waals surface area contributed by atoms with Crippen molar-refractivity contribution in [1.29, 1.82) is 0 Å². The Bertz CT molecular complexity index is 836. The van der Waals surface area contributed by atoms with E-state index in [1.807, 2.05) is 14.1 Å². The van der Waals surface area contributed by atoms with Gasteiger partial charge in [0.1, 0.15) is 23.9 Å². The Morgan fingerprint density at radius 2 is 1.89 bits per heavy atom. The Morgan fingerprint density at radius 3 is 2.57 bits per heavy atom. The lowest BCUT2D eigenvalue weighted by molar-refractivity contribution is -0.0498. The molecule has 1 heterocycles. The quantitative estimate of drug-likeness (QED) is 0.694. The van der Waals surface area contributed by atoms with Crippen LogP contribution in [0.5, 0.6) is 11.5 Å². The Balaban J connectivity index is 1.97. The van der Waals surface area contributed by atoms with Crippen LogP contribution in [-0.2, 0) is 0 Å². The average molecular weight is 392 g/mol. The van der Waals surface area contributed by atoms with Gasteiger partial charge in [-0.25, -0.2) is 4.39 Å². The van der Waals surface area contributed by atoms with Gasteiger partial charge in [0.25, 0.3) is 0 Å². The Labute approximate surface area is 162 Å². The van der Waals surface area contributed by atoms with Crippen molar-refractivity contribution >= 4 is 5.57 Å². The number of nitrogens with zero attached hydrogens (tertiary/aromatic N) is 1. The van der Waals surface area contributed by atoms with E-state index in [2.05, 4.69) is 15.0 Å². The molecule has 1 aliphatic rings. The van der Waals surface area contributed by atoms with Crippen LogP contribution in [0.25, 0.3) is 5.57 Å². The van der Waals surface area contributed by atoms with Crippen LogP contribution in [0.4, 0.5) is 13.2 Å². The number of ether oxygens (including phenoxy) is 2. The van der Waals surface area contributed by atoms with Crippen LogP contribution in [0.2, 0.25) is 0 Å². The maximum absolute atomic E-state index is 13.4. The molecule has 7 heteroatoms. The minimum Gasteiger partial charge on any atom is -0.489 e. The smallest absolute Gasteiger partial charge is 0.387 e. The third-order valence-electron chi connectivity index (χ3n) is 4.41. The summed E-state index contributed by atoms with van der Waals surface area (Å²) in [6, 6.07) is 10.7. The second kappa shape index (κ2) is 9.12. The highest BCUT2D eigenvalue weighted by Crippen LogP contribution is 2.39. The molecule has 3 rings (SSSR count). The molecule has 1 N–H and O–H groups in total. The van der Waals surface area contributed by atoms with Crippen LogP contribution in [0, 0.1) is 5.82 Å². The first-order chi connectivity index (χ1) is 13.4. The molecular formula is C21H23F3N2O2. The van der Waals surface area contributed by atoms with E-state index in [-0.39, 0.29) is 11.6 Å². The van der Waals surface area contributed by atoms with E-state index in [1.165, 1.54) is 18.2 Å². The van der Waals surface area contributed by atoms with E-state index >= 15 is 0 Å². The molecule has 0 saturated carbocycles. The number of fused-ring (bicyclic) bond motifs is 1. The minimum atomic E-state index is -2.91. The maximum Gasteiger partial charge on any atom is 0.387 e. The molecule has 0 radical (unpaired) electrons. The van der Waals surface area contributed by atoms with E-state index < -0.39 is 6.61 Å². The predicted molar refractivity (Wildman–Crippen MR) is 102 cm³/mol. The second-order valence-electron chi connectivity index (χ2n) is 6.79. The molecule has 2 aromatic rings. The van der Waals surface area contributed by atoms with Crippen molar-refractivity contribution in [2.45, 2.75) is 6.61 Å². The highest BCUT2D eigenvalue weighted by Gasteiger charge is 2.23. The van der Waals surface area contributed by atoms with Crippen LogP contribution in [0.3, 0.4) is 0 Å². The third kappa shape index (κ3) is 5.05. The molecule has 150 valence electrons. The predicted octanol–water partition coefficient (Wildman–Crippen LogP) is 3.77. The summed E-state index contributed by atoms with van der Waals surface area (Å²) in [6.07, 6.45) is 0. The fourth-order valence-corrected chi connectivity index (χ4v) is 3.09. The van der Waals surface area contributed by atoms with Gasteiger partial charge < -0.3 is 19.7 Å². The van der Waals surface area contributed by atoms with Crippen molar-refractivity contribution in [2.24, 2.45) is 0 Å². The SMILES string of the molecule is CN(C)CCNCC1=C(c2ccc(F)cc2)c2cc(OC(F)F)ccc2OC1. The number of alkyl halides is 2. The van der Waals surface area contributed by atoms with Crippen LogP contribution < -0.4 is 14.8 Å². The maximum atomic E-state index is 13.4. The van der Waals surface area contributed by atoms with Gasteiger partial charge in [0.05, 0.1) is 0 Å². The van der Waals surface area contributed by atoms with Crippen LogP contribution in [-0.4, -0.2) is 51.8 Å². The molecule has 1 aliphatic heterocycles. The van der Waals surface area contributed by atoms with E-state index in [4.69, 9.17) is 4.74 Å². The van der Waals surface area contributed by atoms with Crippen LogP contribution in [0.15, 0.2) is 48.0 Å². The van der Waals surface area contributed by atoms with Gasteiger partial charge in [0.15, 0.2) is 0 Å². The summed E-state index contributed by atoms with van der Waals surface area (Å²) < 4.78 is 49.1. The van der Waals surface area contributed by atoms with Gasteiger partial charge in [-0.2, -0.15) is 8.78 Å². The Kier molecular flexibility index (Phi) is 6.59. The summed E-state index contributed by atoms with van der Waals surface area (Å²) in [5, 5.41) is 3.37. The zero-order chi connectivity index (χ0) is 20.1. The molecule has 4 nitrogen and oxygen atoms in total. The van der Waals surface area contributed by atoms with Gasteiger partial charge in [-0.3, -0.25) is 0 Å². The van der Waals surface area contributed by atoms with Crippen molar-refractivity contribution in [3.63, 3.8) is 0 Å². The first-order valence-corrected chi connectivity index (χ1v) is 8.99. The number of hydrogen-bond donors (Lipinski definition) is 1. The largest absolute Gasteiger partial charge is 0.489 e. The van der Waals surface area contributed by atoms with Gasteiger partial charge in [0, 0.05) is 25.2 Å². The highest BCUT2D eigenvalue weighted by atomic mass is 19.3. The topological polar surface area (TPSA) is 33.7 Å². The fraction of sp³-hybridized carbons (Fsp3) is 0.333. The molecule has 0 spiro atoms. The lowest BCUT2D eigenvalue weighted by atomic mass is 9.90. The summed E-state index contributed by atoms with van der Waals surface area (Å²) in [7, 11) is 3.99. The van der Waals surface area contributed by atoms with E-state index in [1.54, 1.807) is 24.3 Å². The monoisotopic (exact) mass is 392 g/mol. The number of hydrogen-bond acceptors (Lipinski definition) is 4. The molecule has 0 unspecified atom stereocenters. The molecule has 2 aromatic carbocycles. The Morgan fingerprint density at radius 1 is 1.14 bits per heavy atom. The van der Waals surface area contributed by atoms with Gasteiger partial charge in [-0.1, -0.05) is 12.1 Å². The molecule has 0 atom stereocenters. The summed E-state index contributed by atoms with van der Waals surface area (Å²) in [5.74, 6) is 0.300. The zero-order valence-corrected chi connectivity index (χ0v) is 15.8. The molecule has 0 saturated heterocycles. The van der Waals surface area contributed by atoms with Crippen molar-refractivity contribution in [3.8, 4) is 11.5 Å². The fourth-order valence-electron chi connectivity index (χ4n) is 3.09. The lowest BCUT2D eigenvalue weighted by Crippen LogP contribution is -2.30. The number of nitrogens with one attached hydrogen (secondary N) is 1. The minimum absolute atomic E-state index is 0.0544. The molecule has 28 heavy (non-hydrogen) atoms. The molecule has 0 bridgehead atoms. The Hall–Kier alpha value is -2.51. The van der Waals surface area contributed by atoms with Gasteiger partial charge in [-0.15, -0.1) is 0 Å². The highest BCUT2D eigenvalue weighted by molar-refractivity contribution is 5.87. The normalized spacial score (nSPS) is 13.7. The van der Waals surface area contributed by atoms with E-state index in [9.17, 15) is 13.2 Å². The van der Waals surface area contributed by atoms with Crippen molar-refractivity contribution in [1.82, 2.24) is 10.2 Å². The summed E-state index contributed by atoms with van der Waals surface area (Å²) in [5.41, 5.74) is 3.26. The van der Waals surface area contributed by atoms with Crippen molar-refractivity contribution in [2.75, 3.05) is 40.3 Å². The van der Waals surface area contributed by atoms with Crippen molar-refractivity contribution in [3.05, 3.63) is 65.0 Å². The summed E-state index contributed by atoms with van der Waals surface area (Å²) in [4.78, 5) is 2.07. The third-order valence-corrected chi connectivity index (χ3v) is 4.41. The summed E-state index contributed by atoms with van der Waals surface area (Å²) >= 11 is 0. The number of halogens is 3. The van der Waals surface area contributed by atoms with Gasteiger partial charge >= 0.3 is 6.61 Å². The molecule has 0 fully saturated rings.